The summed E-state index contributed by atoms with van der Waals surface area (Å²) in [5, 5.41) is 19.7. The van der Waals surface area contributed by atoms with E-state index in [4.69, 9.17) is 21.9 Å². The van der Waals surface area contributed by atoms with Gasteiger partial charge in [0.15, 0.2) is 5.17 Å². The first-order chi connectivity index (χ1) is 5.66. The van der Waals surface area contributed by atoms with Gasteiger partial charge in [-0.15, -0.1) is 0 Å². The van der Waals surface area contributed by atoms with E-state index in [-0.39, 0.29) is 5.17 Å². The average Bonchev–Trinajstić information content (AvgIpc) is 2.50. The van der Waals surface area contributed by atoms with E-state index in [1.807, 2.05) is 0 Å². The largest absolute Gasteiger partial charge is 0.465 e. The van der Waals surface area contributed by atoms with Crippen molar-refractivity contribution in [1.29, 1.82) is 0 Å². The van der Waals surface area contributed by atoms with Crippen LogP contribution in [0.4, 0.5) is 4.79 Å². The van der Waals surface area contributed by atoms with Crippen molar-refractivity contribution in [3.8, 4) is 0 Å². The molecule has 1 rings (SSSR count). The highest BCUT2D eigenvalue weighted by Gasteiger charge is 2.31. The van der Waals surface area contributed by atoms with Crippen molar-refractivity contribution in [3.05, 3.63) is 0 Å². The maximum Gasteiger partial charge on any atom is 0.407 e. The molecule has 1 aliphatic heterocycles. The van der Waals surface area contributed by atoms with E-state index in [0.29, 0.717) is 13.0 Å². The summed E-state index contributed by atoms with van der Waals surface area (Å²) in [6.45, 7) is 0.450. The van der Waals surface area contributed by atoms with E-state index in [2.05, 4.69) is 5.16 Å². The second kappa shape index (κ2) is 3.62. The molecule has 5 nitrogen and oxygen atoms in total. The van der Waals surface area contributed by atoms with Gasteiger partial charge in [-0.25, -0.2) is 4.79 Å². The summed E-state index contributed by atoms with van der Waals surface area (Å²) in [5.74, 6) is 0. The van der Waals surface area contributed by atoms with E-state index in [1.54, 1.807) is 0 Å². The third kappa shape index (κ3) is 1.61. The standard InChI is InChI=1S/C6H9ClN2O3/c7-5(8-12)4-2-1-3-9(4)6(10)11/h4,12H,1-3H2,(H,10,11)/t4-/m1/s1. The minimum atomic E-state index is -1.03. The quantitative estimate of drug-likeness (QED) is 0.372. The molecule has 0 saturated carbocycles. The Hall–Kier alpha value is -0.970. The fourth-order valence-corrected chi connectivity index (χ4v) is 1.54. The van der Waals surface area contributed by atoms with Crippen molar-refractivity contribution in [2.75, 3.05) is 6.54 Å². The van der Waals surface area contributed by atoms with Crippen LogP contribution in [-0.4, -0.2) is 39.1 Å². The first-order valence-electron chi connectivity index (χ1n) is 3.54. The van der Waals surface area contributed by atoms with Crippen LogP contribution in [0.25, 0.3) is 0 Å². The van der Waals surface area contributed by atoms with Crippen LogP contribution in [0.2, 0.25) is 0 Å². The molecule has 1 aliphatic rings. The molecule has 0 aromatic rings. The van der Waals surface area contributed by atoms with Crippen LogP contribution in [0.3, 0.4) is 0 Å². The SMILES string of the molecule is O=C(O)N1CCC[C@@H]1C(Cl)=NO. The number of hydrogen-bond acceptors (Lipinski definition) is 3. The van der Waals surface area contributed by atoms with Crippen molar-refractivity contribution in [3.63, 3.8) is 0 Å². The fraction of sp³-hybridized carbons (Fsp3) is 0.667. The molecular formula is C6H9ClN2O3. The first-order valence-corrected chi connectivity index (χ1v) is 3.91. The highest BCUT2D eigenvalue weighted by Crippen LogP contribution is 2.19. The second-order valence-corrected chi connectivity index (χ2v) is 2.94. The van der Waals surface area contributed by atoms with Gasteiger partial charge in [0.1, 0.15) is 0 Å². The average molecular weight is 193 g/mol. The normalized spacial score (nSPS) is 24.6. The Morgan fingerprint density at radius 2 is 2.33 bits per heavy atom. The van der Waals surface area contributed by atoms with Gasteiger partial charge >= 0.3 is 6.09 Å². The molecule has 0 aliphatic carbocycles. The van der Waals surface area contributed by atoms with Crippen molar-refractivity contribution in [2.24, 2.45) is 5.16 Å². The van der Waals surface area contributed by atoms with Crippen LogP contribution in [0.15, 0.2) is 5.16 Å². The van der Waals surface area contributed by atoms with Crippen molar-refractivity contribution >= 4 is 22.9 Å². The van der Waals surface area contributed by atoms with E-state index in [1.165, 1.54) is 4.90 Å². The smallest absolute Gasteiger partial charge is 0.407 e. The topological polar surface area (TPSA) is 73.1 Å². The first kappa shape index (κ1) is 9.12. The Morgan fingerprint density at radius 1 is 1.67 bits per heavy atom. The lowest BCUT2D eigenvalue weighted by Crippen LogP contribution is -2.37. The lowest BCUT2D eigenvalue weighted by molar-refractivity contribution is 0.149. The Bertz CT molecular complexity index is 219. The van der Waals surface area contributed by atoms with Gasteiger partial charge in [0.25, 0.3) is 0 Å². The highest BCUT2D eigenvalue weighted by molar-refractivity contribution is 6.66. The van der Waals surface area contributed by atoms with E-state index in [0.717, 1.165) is 6.42 Å². The molecule has 12 heavy (non-hydrogen) atoms. The van der Waals surface area contributed by atoms with Gasteiger partial charge in [-0.1, -0.05) is 16.8 Å². The lowest BCUT2D eigenvalue weighted by atomic mass is 10.2. The number of halogens is 1. The summed E-state index contributed by atoms with van der Waals surface area (Å²) < 4.78 is 0. The molecule has 0 bridgehead atoms. The van der Waals surface area contributed by atoms with Gasteiger partial charge in [-0.3, -0.25) is 4.90 Å². The van der Waals surface area contributed by atoms with Crippen LogP contribution in [0, 0.1) is 0 Å². The third-order valence-corrected chi connectivity index (χ3v) is 2.20. The minimum Gasteiger partial charge on any atom is -0.465 e. The van der Waals surface area contributed by atoms with Crippen LogP contribution < -0.4 is 0 Å². The number of likely N-dealkylation sites (tertiary alicyclic amines) is 1. The number of oxime groups is 1. The van der Waals surface area contributed by atoms with Gasteiger partial charge in [0.05, 0.1) is 6.04 Å². The van der Waals surface area contributed by atoms with Gasteiger partial charge in [-0.2, -0.15) is 0 Å². The molecule has 6 heteroatoms. The summed E-state index contributed by atoms with van der Waals surface area (Å²) in [5.41, 5.74) is 0. The number of rotatable bonds is 1. The van der Waals surface area contributed by atoms with Gasteiger partial charge in [-0.05, 0) is 12.8 Å². The van der Waals surface area contributed by atoms with Gasteiger partial charge < -0.3 is 10.3 Å². The van der Waals surface area contributed by atoms with Crippen molar-refractivity contribution in [2.45, 2.75) is 18.9 Å². The number of hydrogen-bond donors (Lipinski definition) is 2. The summed E-state index contributed by atoms with van der Waals surface area (Å²) in [7, 11) is 0. The lowest BCUT2D eigenvalue weighted by Gasteiger charge is -2.18. The summed E-state index contributed by atoms with van der Waals surface area (Å²) in [6, 6.07) is -0.464. The molecular weight excluding hydrogens is 184 g/mol. The zero-order valence-corrected chi connectivity index (χ0v) is 7.03. The van der Waals surface area contributed by atoms with Crippen LogP contribution in [0.1, 0.15) is 12.8 Å². The molecule has 0 aromatic heterocycles. The monoisotopic (exact) mass is 192 g/mol. The van der Waals surface area contributed by atoms with Crippen LogP contribution in [-0.2, 0) is 0 Å². The Balaban J connectivity index is 2.70. The Labute approximate surface area is 74.2 Å². The van der Waals surface area contributed by atoms with Crippen LogP contribution >= 0.6 is 11.6 Å². The molecule has 0 unspecified atom stereocenters. The van der Waals surface area contributed by atoms with E-state index >= 15 is 0 Å². The van der Waals surface area contributed by atoms with Crippen LogP contribution in [0.5, 0.6) is 0 Å². The molecule has 1 saturated heterocycles. The molecule has 0 radical (unpaired) electrons. The summed E-state index contributed by atoms with van der Waals surface area (Å²) in [4.78, 5) is 11.7. The fourth-order valence-electron chi connectivity index (χ4n) is 1.31. The molecule has 2 N–H and O–H groups in total. The molecule has 0 spiro atoms. The maximum atomic E-state index is 10.6. The van der Waals surface area contributed by atoms with E-state index in [9.17, 15) is 4.79 Å². The summed E-state index contributed by atoms with van der Waals surface area (Å²) in [6.07, 6.45) is 0.344. The Kier molecular flexibility index (Phi) is 2.75. The highest BCUT2D eigenvalue weighted by atomic mass is 35.5. The minimum absolute atomic E-state index is 0.0603. The molecule has 1 heterocycles. The molecule has 1 amide bonds. The molecule has 1 fully saturated rings. The number of amides is 1. The molecule has 0 aromatic carbocycles. The number of carboxylic acid groups (broad SMARTS) is 1. The zero-order valence-electron chi connectivity index (χ0n) is 6.27. The second-order valence-electron chi connectivity index (χ2n) is 2.56. The van der Waals surface area contributed by atoms with E-state index < -0.39 is 12.1 Å². The van der Waals surface area contributed by atoms with Crippen molar-refractivity contribution < 1.29 is 15.1 Å². The third-order valence-electron chi connectivity index (χ3n) is 1.87. The Morgan fingerprint density at radius 3 is 2.83 bits per heavy atom. The molecule has 1 atom stereocenters. The van der Waals surface area contributed by atoms with Gasteiger partial charge in [0.2, 0.25) is 0 Å². The predicted molar refractivity (Wildman–Crippen MR) is 42.8 cm³/mol. The number of carbonyl (C=O) groups is 1. The summed E-state index contributed by atoms with van der Waals surface area (Å²) >= 11 is 5.51. The number of nitrogens with zero attached hydrogens (tertiary/aromatic N) is 2. The van der Waals surface area contributed by atoms with Crippen molar-refractivity contribution in [1.82, 2.24) is 4.90 Å². The predicted octanol–water partition coefficient (Wildman–Crippen LogP) is 1.16. The maximum absolute atomic E-state index is 10.6. The zero-order chi connectivity index (χ0) is 9.14. The molecule has 68 valence electrons. The van der Waals surface area contributed by atoms with Gasteiger partial charge in [0, 0.05) is 6.54 Å².